The molecule has 7 nitrogen and oxygen atoms in total. The molecule has 1 aromatic carbocycles. The van der Waals surface area contributed by atoms with Gasteiger partial charge in [0.15, 0.2) is 11.2 Å². The normalized spacial score (nSPS) is 13.3. The number of amides is 1. The standard InChI is InChI=1S/C20H22N4O3/c1-5-20(19(26)27,14-9-7-6-8-10-14)22-18(25)15-11-12(2)21-17-16(15)13(3)23-24(17)4/h6-11H,5H2,1-4H3,(H,22,25)(H,26,27). The maximum atomic E-state index is 13.2. The highest BCUT2D eigenvalue weighted by atomic mass is 16.4. The Hall–Kier alpha value is -3.22. The third-order valence-electron chi connectivity index (χ3n) is 4.83. The molecular formula is C20H22N4O3. The van der Waals surface area contributed by atoms with E-state index in [9.17, 15) is 14.7 Å². The lowest BCUT2D eigenvalue weighted by molar-refractivity contribution is -0.145. The summed E-state index contributed by atoms with van der Waals surface area (Å²) < 4.78 is 1.62. The minimum atomic E-state index is -1.52. The van der Waals surface area contributed by atoms with Crippen LogP contribution in [0.1, 0.15) is 40.7 Å². The van der Waals surface area contributed by atoms with E-state index in [0.29, 0.717) is 33.5 Å². The molecule has 2 N–H and O–H groups in total. The van der Waals surface area contributed by atoms with Gasteiger partial charge in [0.05, 0.1) is 16.6 Å². The summed E-state index contributed by atoms with van der Waals surface area (Å²) in [6, 6.07) is 10.4. The van der Waals surface area contributed by atoms with Crippen molar-refractivity contribution in [3.8, 4) is 0 Å². The van der Waals surface area contributed by atoms with E-state index in [1.54, 1.807) is 62.8 Å². The lowest BCUT2D eigenvalue weighted by atomic mass is 9.86. The van der Waals surface area contributed by atoms with Crippen LogP contribution in [0.4, 0.5) is 0 Å². The third-order valence-corrected chi connectivity index (χ3v) is 4.83. The number of aliphatic carboxylic acids is 1. The molecule has 0 saturated carbocycles. The minimum absolute atomic E-state index is 0.206. The van der Waals surface area contributed by atoms with Crippen LogP contribution in [0.15, 0.2) is 36.4 Å². The molecule has 0 aliphatic rings. The van der Waals surface area contributed by atoms with Gasteiger partial charge >= 0.3 is 5.97 Å². The Bertz CT molecular complexity index is 1030. The summed E-state index contributed by atoms with van der Waals surface area (Å²) in [7, 11) is 1.76. The first kappa shape index (κ1) is 18.6. The fraction of sp³-hybridized carbons (Fsp3) is 0.300. The number of aryl methyl sites for hydroxylation is 3. The largest absolute Gasteiger partial charge is 0.479 e. The molecule has 0 fully saturated rings. The molecule has 1 unspecified atom stereocenters. The van der Waals surface area contributed by atoms with Gasteiger partial charge in [0.25, 0.3) is 5.91 Å². The summed E-state index contributed by atoms with van der Waals surface area (Å²) in [6.07, 6.45) is 0.206. The van der Waals surface area contributed by atoms with E-state index in [1.807, 2.05) is 6.07 Å². The predicted molar refractivity (Wildman–Crippen MR) is 101 cm³/mol. The monoisotopic (exact) mass is 366 g/mol. The summed E-state index contributed by atoms with van der Waals surface area (Å²) >= 11 is 0. The number of hydrogen-bond acceptors (Lipinski definition) is 4. The smallest absolute Gasteiger partial charge is 0.334 e. The summed E-state index contributed by atoms with van der Waals surface area (Å²) in [5.74, 6) is -1.57. The van der Waals surface area contributed by atoms with Crippen LogP contribution >= 0.6 is 0 Å². The van der Waals surface area contributed by atoms with Gasteiger partial charge in [-0.3, -0.25) is 9.48 Å². The number of fused-ring (bicyclic) bond motifs is 1. The van der Waals surface area contributed by atoms with Crippen LogP contribution in [-0.4, -0.2) is 31.7 Å². The quantitative estimate of drug-likeness (QED) is 0.724. The van der Waals surface area contributed by atoms with Crippen molar-refractivity contribution in [1.29, 1.82) is 0 Å². The van der Waals surface area contributed by atoms with Gasteiger partial charge in [-0.15, -0.1) is 0 Å². The average molecular weight is 366 g/mol. The maximum absolute atomic E-state index is 13.2. The number of carboxylic acid groups (broad SMARTS) is 1. The van der Waals surface area contributed by atoms with E-state index in [0.717, 1.165) is 0 Å². The van der Waals surface area contributed by atoms with Gasteiger partial charge in [-0.2, -0.15) is 5.10 Å². The Morgan fingerprint density at radius 1 is 1.22 bits per heavy atom. The minimum Gasteiger partial charge on any atom is -0.479 e. The number of nitrogens with one attached hydrogen (secondary N) is 1. The first-order chi connectivity index (χ1) is 12.8. The Morgan fingerprint density at radius 3 is 2.48 bits per heavy atom. The Kier molecular flexibility index (Phi) is 4.70. The van der Waals surface area contributed by atoms with Crippen LogP contribution < -0.4 is 5.32 Å². The second-order valence-corrected chi connectivity index (χ2v) is 6.60. The van der Waals surface area contributed by atoms with Crippen molar-refractivity contribution in [3.05, 3.63) is 58.9 Å². The first-order valence-electron chi connectivity index (χ1n) is 8.72. The van der Waals surface area contributed by atoms with Crippen LogP contribution in [0.5, 0.6) is 0 Å². The molecule has 1 amide bonds. The number of pyridine rings is 1. The molecule has 0 saturated heterocycles. The SMILES string of the molecule is CCC(NC(=O)c1cc(C)nc2c1c(C)nn2C)(C(=O)O)c1ccccc1. The van der Waals surface area contributed by atoms with Crippen molar-refractivity contribution >= 4 is 22.9 Å². The van der Waals surface area contributed by atoms with E-state index >= 15 is 0 Å². The molecular weight excluding hydrogens is 344 g/mol. The number of carbonyl (C=O) groups is 2. The molecule has 0 spiro atoms. The van der Waals surface area contributed by atoms with Crippen LogP contribution in [-0.2, 0) is 17.4 Å². The molecule has 0 aliphatic carbocycles. The van der Waals surface area contributed by atoms with Crippen molar-refractivity contribution in [2.45, 2.75) is 32.7 Å². The number of benzene rings is 1. The number of nitrogens with zero attached hydrogens (tertiary/aromatic N) is 3. The number of carbonyl (C=O) groups excluding carboxylic acids is 1. The van der Waals surface area contributed by atoms with E-state index in [1.165, 1.54) is 0 Å². The molecule has 0 radical (unpaired) electrons. The lowest BCUT2D eigenvalue weighted by Gasteiger charge is -2.30. The highest BCUT2D eigenvalue weighted by Gasteiger charge is 2.40. The van der Waals surface area contributed by atoms with E-state index in [2.05, 4.69) is 15.4 Å². The van der Waals surface area contributed by atoms with Gasteiger partial charge in [-0.05, 0) is 31.9 Å². The lowest BCUT2D eigenvalue weighted by Crippen LogP contribution is -2.51. The Balaban J connectivity index is 2.13. The van der Waals surface area contributed by atoms with Crippen LogP contribution in [0.25, 0.3) is 11.0 Å². The van der Waals surface area contributed by atoms with E-state index in [4.69, 9.17) is 0 Å². The molecule has 2 heterocycles. The third kappa shape index (κ3) is 3.05. The van der Waals surface area contributed by atoms with E-state index < -0.39 is 17.4 Å². The number of hydrogen-bond donors (Lipinski definition) is 2. The van der Waals surface area contributed by atoms with Gasteiger partial charge in [0.2, 0.25) is 0 Å². The summed E-state index contributed by atoms with van der Waals surface area (Å²) in [5, 5.41) is 17.7. The summed E-state index contributed by atoms with van der Waals surface area (Å²) in [5.41, 5.74) is 1.30. The Labute approximate surface area is 157 Å². The van der Waals surface area contributed by atoms with Crippen molar-refractivity contribution in [2.24, 2.45) is 7.05 Å². The predicted octanol–water partition coefficient (Wildman–Crippen LogP) is 2.71. The van der Waals surface area contributed by atoms with Crippen LogP contribution in [0, 0.1) is 13.8 Å². The second-order valence-electron chi connectivity index (χ2n) is 6.60. The molecule has 27 heavy (non-hydrogen) atoms. The van der Waals surface area contributed by atoms with Gasteiger partial charge in [0, 0.05) is 12.7 Å². The maximum Gasteiger partial charge on any atom is 0.334 e. The molecule has 3 rings (SSSR count). The summed E-state index contributed by atoms with van der Waals surface area (Å²) in [6.45, 7) is 5.34. The molecule has 1 atom stereocenters. The number of carboxylic acids is 1. The molecule has 0 bridgehead atoms. The summed E-state index contributed by atoms with van der Waals surface area (Å²) in [4.78, 5) is 29.8. The molecule has 140 valence electrons. The van der Waals surface area contributed by atoms with Gasteiger partial charge < -0.3 is 10.4 Å². The van der Waals surface area contributed by atoms with Crippen LogP contribution in [0.2, 0.25) is 0 Å². The molecule has 3 aromatic rings. The van der Waals surface area contributed by atoms with Crippen molar-refractivity contribution < 1.29 is 14.7 Å². The van der Waals surface area contributed by atoms with Crippen molar-refractivity contribution in [3.63, 3.8) is 0 Å². The molecule has 7 heteroatoms. The average Bonchev–Trinajstić information content (AvgIpc) is 2.93. The van der Waals surface area contributed by atoms with Crippen molar-refractivity contribution in [2.75, 3.05) is 0 Å². The first-order valence-corrected chi connectivity index (χ1v) is 8.72. The second kappa shape index (κ2) is 6.83. The zero-order valence-corrected chi connectivity index (χ0v) is 15.8. The van der Waals surface area contributed by atoms with E-state index in [-0.39, 0.29) is 6.42 Å². The van der Waals surface area contributed by atoms with Gasteiger partial charge in [0.1, 0.15) is 0 Å². The zero-order valence-electron chi connectivity index (χ0n) is 15.8. The topological polar surface area (TPSA) is 97.1 Å². The van der Waals surface area contributed by atoms with Gasteiger partial charge in [-0.1, -0.05) is 37.3 Å². The highest BCUT2D eigenvalue weighted by molar-refractivity contribution is 6.08. The molecule has 0 aliphatic heterocycles. The number of rotatable bonds is 5. The number of aromatic nitrogens is 3. The highest BCUT2D eigenvalue weighted by Crippen LogP contribution is 2.28. The fourth-order valence-corrected chi connectivity index (χ4v) is 3.43. The zero-order chi connectivity index (χ0) is 19.8. The van der Waals surface area contributed by atoms with Crippen molar-refractivity contribution in [1.82, 2.24) is 20.1 Å². The fourth-order valence-electron chi connectivity index (χ4n) is 3.43. The Morgan fingerprint density at radius 2 is 1.89 bits per heavy atom. The molecule has 2 aromatic heterocycles. The van der Waals surface area contributed by atoms with Gasteiger partial charge in [-0.25, -0.2) is 9.78 Å². The van der Waals surface area contributed by atoms with Crippen LogP contribution in [0.3, 0.4) is 0 Å².